The molecule has 4 aromatic rings. The summed E-state index contributed by atoms with van der Waals surface area (Å²) in [7, 11) is -7.43. The van der Waals surface area contributed by atoms with Crippen LogP contribution >= 0.6 is 0 Å². The molecule has 0 saturated carbocycles. The monoisotopic (exact) mass is 664 g/mol. The van der Waals surface area contributed by atoms with E-state index in [1.807, 2.05) is 74.5 Å². The Kier molecular flexibility index (Phi) is 11.7. The zero-order chi connectivity index (χ0) is 33.3. The van der Waals surface area contributed by atoms with E-state index in [4.69, 9.17) is 8.37 Å². The lowest BCUT2D eigenvalue weighted by molar-refractivity contribution is -0.121. The Hall–Kier alpha value is -4.03. The molecular weight excluding hydrogens is 625 g/mol. The van der Waals surface area contributed by atoms with E-state index in [0.717, 1.165) is 23.6 Å². The molecule has 244 valence electrons. The highest BCUT2D eigenvalue weighted by Crippen LogP contribution is 2.30. The van der Waals surface area contributed by atoms with Gasteiger partial charge < -0.3 is 19.0 Å². The molecule has 2 N–H and O–H groups in total. The molecule has 4 aromatic carbocycles. The van der Waals surface area contributed by atoms with Gasteiger partial charge in [-0.2, -0.15) is 16.8 Å². The van der Waals surface area contributed by atoms with E-state index in [9.17, 15) is 21.6 Å². The van der Waals surface area contributed by atoms with Crippen molar-refractivity contribution in [1.82, 2.24) is 10.6 Å². The second-order valence-electron chi connectivity index (χ2n) is 11.3. The van der Waals surface area contributed by atoms with Gasteiger partial charge in [0.05, 0.1) is 24.3 Å². The molecule has 0 aromatic heterocycles. The Bertz CT molecular complexity index is 1650. The quantitative estimate of drug-likeness (QED) is 0.149. The highest BCUT2D eigenvalue weighted by molar-refractivity contribution is 7.86. The fraction of sp³-hybridized carbons (Fsp3) is 0.286. The number of ketones is 1. The smallest absolute Gasteiger partial charge is 0.306 e. The topological polar surface area (TPSA) is 128 Å². The standard InChI is InChI=1S/C35H40N2O7S2/c1-25(27-11-7-5-8-12-27)36-23-33(29-15-19-31(20-16-29)43-45(3,39)40)35(38)34(24-37-26(2)28-13-9-6-10-14-28)30-17-21-32(22-18-30)44-46(4,41)42/h5-22,25-26,33-34,36-37H,23-24H2,1-4H3/t25-,26-,33?,34?/m1/s1. The van der Waals surface area contributed by atoms with Crippen molar-refractivity contribution in [2.45, 2.75) is 37.8 Å². The Labute approximate surface area is 272 Å². The van der Waals surface area contributed by atoms with Gasteiger partial charge in [-0.25, -0.2) is 0 Å². The third kappa shape index (κ3) is 10.5. The first-order valence-corrected chi connectivity index (χ1v) is 18.5. The number of carbonyl (C=O) groups is 1. The molecule has 0 heterocycles. The van der Waals surface area contributed by atoms with Crippen LogP contribution in [0.1, 0.15) is 60.0 Å². The lowest BCUT2D eigenvalue weighted by atomic mass is 9.83. The van der Waals surface area contributed by atoms with Gasteiger partial charge in [0.25, 0.3) is 0 Å². The zero-order valence-corrected chi connectivity index (χ0v) is 27.9. The number of carbonyl (C=O) groups excluding carboxylic acids is 1. The van der Waals surface area contributed by atoms with Crippen molar-refractivity contribution in [3.8, 4) is 11.5 Å². The van der Waals surface area contributed by atoms with Crippen LogP contribution in [0.2, 0.25) is 0 Å². The Morgan fingerprint density at radius 3 is 1.17 bits per heavy atom. The molecule has 4 atom stereocenters. The molecule has 9 nitrogen and oxygen atoms in total. The van der Waals surface area contributed by atoms with Gasteiger partial charge in [0.1, 0.15) is 17.3 Å². The van der Waals surface area contributed by atoms with Crippen LogP contribution < -0.4 is 19.0 Å². The maximum Gasteiger partial charge on any atom is 0.306 e. The van der Waals surface area contributed by atoms with E-state index >= 15 is 0 Å². The van der Waals surface area contributed by atoms with E-state index in [1.54, 1.807) is 48.5 Å². The number of benzene rings is 4. The molecule has 0 aliphatic rings. The maximum atomic E-state index is 14.6. The second kappa shape index (κ2) is 15.5. The summed E-state index contributed by atoms with van der Waals surface area (Å²) >= 11 is 0. The summed E-state index contributed by atoms with van der Waals surface area (Å²) in [5.41, 5.74) is 3.53. The first-order valence-electron chi connectivity index (χ1n) is 14.9. The minimum absolute atomic E-state index is 0.0496. The van der Waals surface area contributed by atoms with Crippen molar-refractivity contribution in [2.75, 3.05) is 25.6 Å². The molecule has 46 heavy (non-hydrogen) atoms. The van der Waals surface area contributed by atoms with Gasteiger partial charge in [-0.15, -0.1) is 0 Å². The second-order valence-corrected chi connectivity index (χ2v) is 14.5. The van der Waals surface area contributed by atoms with E-state index in [2.05, 4.69) is 10.6 Å². The van der Waals surface area contributed by atoms with Crippen molar-refractivity contribution in [1.29, 1.82) is 0 Å². The van der Waals surface area contributed by atoms with E-state index in [0.29, 0.717) is 24.2 Å². The Morgan fingerprint density at radius 2 is 0.870 bits per heavy atom. The number of hydrogen-bond acceptors (Lipinski definition) is 9. The molecule has 0 bridgehead atoms. The van der Waals surface area contributed by atoms with Gasteiger partial charge >= 0.3 is 20.2 Å². The summed E-state index contributed by atoms with van der Waals surface area (Å²) in [6.45, 7) is 4.67. The molecule has 0 saturated heterocycles. The Balaban J connectivity index is 1.68. The summed E-state index contributed by atoms with van der Waals surface area (Å²) in [5.74, 6) is -1.01. The van der Waals surface area contributed by atoms with Gasteiger partial charge in [-0.3, -0.25) is 4.79 Å². The third-order valence-electron chi connectivity index (χ3n) is 7.60. The number of nitrogens with one attached hydrogen (secondary N) is 2. The number of rotatable bonds is 16. The first-order chi connectivity index (χ1) is 21.8. The Morgan fingerprint density at radius 1 is 0.543 bits per heavy atom. The summed E-state index contributed by atoms with van der Waals surface area (Å²) in [4.78, 5) is 14.6. The van der Waals surface area contributed by atoms with Crippen LogP contribution in [-0.2, 0) is 25.0 Å². The summed E-state index contributed by atoms with van der Waals surface area (Å²) in [5, 5.41) is 7.02. The van der Waals surface area contributed by atoms with E-state index < -0.39 is 32.1 Å². The van der Waals surface area contributed by atoms with Crippen molar-refractivity contribution in [3.63, 3.8) is 0 Å². The van der Waals surface area contributed by atoms with Gasteiger partial charge in [-0.1, -0.05) is 84.9 Å². The van der Waals surface area contributed by atoms with E-state index in [-0.39, 0.29) is 29.4 Å². The predicted octanol–water partition coefficient (Wildman–Crippen LogP) is 5.50. The average Bonchev–Trinajstić information content (AvgIpc) is 3.02. The summed E-state index contributed by atoms with van der Waals surface area (Å²) in [6, 6.07) is 32.7. The van der Waals surface area contributed by atoms with Crippen LogP contribution in [0.5, 0.6) is 11.5 Å². The summed E-state index contributed by atoms with van der Waals surface area (Å²) < 4.78 is 56.8. The predicted molar refractivity (Wildman–Crippen MR) is 180 cm³/mol. The molecule has 0 aliphatic heterocycles. The molecule has 0 spiro atoms. The van der Waals surface area contributed by atoms with Gasteiger partial charge in [0.2, 0.25) is 0 Å². The number of hydrogen-bond donors (Lipinski definition) is 2. The fourth-order valence-corrected chi connectivity index (χ4v) is 6.10. The van der Waals surface area contributed by atoms with Crippen molar-refractivity contribution >= 4 is 26.0 Å². The van der Waals surface area contributed by atoms with Crippen LogP contribution in [0.25, 0.3) is 0 Å². The molecule has 0 aliphatic carbocycles. The summed E-state index contributed by atoms with van der Waals surface area (Å²) in [6.07, 6.45) is 1.95. The molecule has 2 unspecified atom stereocenters. The SMILES string of the molecule is C[C@@H](NCC(C(=O)C(CN[C@H](C)c1ccccc1)c1ccc(OS(C)(=O)=O)cc1)c1ccc(OS(C)(=O)=O)cc1)c1ccccc1. The maximum absolute atomic E-state index is 14.6. The average molecular weight is 665 g/mol. The molecule has 0 fully saturated rings. The molecule has 0 radical (unpaired) electrons. The van der Waals surface area contributed by atoms with E-state index in [1.165, 1.54) is 0 Å². The number of Topliss-reactive ketones (excluding diaryl/α,β-unsaturated/α-hetero) is 1. The molecular formula is C35H40N2O7S2. The third-order valence-corrected chi connectivity index (χ3v) is 8.59. The van der Waals surface area contributed by atoms with Gasteiger partial charge in [0, 0.05) is 25.2 Å². The minimum Gasteiger partial charge on any atom is -0.383 e. The first kappa shape index (κ1) is 34.8. The normalized spacial score (nSPS) is 14.5. The van der Waals surface area contributed by atoms with Crippen LogP contribution in [0.3, 0.4) is 0 Å². The fourth-order valence-electron chi connectivity index (χ4n) is 5.18. The van der Waals surface area contributed by atoms with Gasteiger partial charge in [0.15, 0.2) is 0 Å². The van der Waals surface area contributed by atoms with Gasteiger partial charge in [-0.05, 0) is 60.4 Å². The largest absolute Gasteiger partial charge is 0.383 e. The van der Waals surface area contributed by atoms with Crippen LogP contribution in [0.15, 0.2) is 109 Å². The van der Waals surface area contributed by atoms with Crippen molar-refractivity contribution in [2.24, 2.45) is 0 Å². The van der Waals surface area contributed by atoms with Crippen molar-refractivity contribution < 1.29 is 30.0 Å². The zero-order valence-electron chi connectivity index (χ0n) is 26.3. The lowest BCUT2D eigenvalue weighted by Gasteiger charge is -2.27. The van der Waals surface area contributed by atoms with Crippen LogP contribution in [0.4, 0.5) is 0 Å². The minimum atomic E-state index is -3.72. The molecule has 11 heteroatoms. The lowest BCUT2D eigenvalue weighted by Crippen LogP contribution is -2.36. The van der Waals surface area contributed by atoms with Crippen molar-refractivity contribution in [3.05, 3.63) is 131 Å². The highest BCUT2D eigenvalue weighted by atomic mass is 32.2. The highest BCUT2D eigenvalue weighted by Gasteiger charge is 2.30. The van der Waals surface area contributed by atoms with Crippen LogP contribution in [0, 0.1) is 0 Å². The molecule has 4 rings (SSSR count). The van der Waals surface area contributed by atoms with Crippen LogP contribution in [-0.4, -0.2) is 48.2 Å². The molecule has 0 amide bonds.